The Morgan fingerprint density at radius 1 is 1.33 bits per heavy atom. The van der Waals surface area contributed by atoms with E-state index in [1.54, 1.807) is 23.9 Å². The van der Waals surface area contributed by atoms with E-state index in [1.807, 2.05) is 0 Å². The fraction of sp³-hybridized carbons (Fsp3) is 0.833. The molecule has 6 nitrogen and oxygen atoms in total. The van der Waals surface area contributed by atoms with Crippen LogP contribution in [-0.4, -0.2) is 67.2 Å². The Kier molecular flexibility index (Phi) is 5.91. The van der Waals surface area contributed by atoms with Crippen LogP contribution in [-0.2, 0) is 4.79 Å². The molecule has 1 rings (SSSR count). The van der Waals surface area contributed by atoms with E-state index in [-0.39, 0.29) is 24.5 Å². The summed E-state index contributed by atoms with van der Waals surface area (Å²) in [5, 5.41) is 11.4. The lowest BCUT2D eigenvalue weighted by molar-refractivity contribution is -0.126. The summed E-state index contributed by atoms with van der Waals surface area (Å²) in [6, 6.07) is 0.00846. The number of nitrogens with zero attached hydrogens (tertiary/aromatic N) is 2. The van der Waals surface area contributed by atoms with Crippen LogP contribution < -0.4 is 5.32 Å². The van der Waals surface area contributed by atoms with Gasteiger partial charge in [-0.3, -0.25) is 4.79 Å². The van der Waals surface area contributed by atoms with Gasteiger partial charge in [-0.25, -0.2) is 4.79 Å². The molecule has 18 heavy (non-hydrogen) atoms. The molecule has 3 amide bonds. The Labute approximate surface area is 108 Å². The van der Waals surface area contributed by atoms with Gasteiger partial charge >= 0.3 is 6.03 Å². The van der Waals surface area contributed by atoms with Gasteiger partial charge in [0.05, 0.1) is 0 Å². The first kappa shape index (κ1) is 14.8. The minimum absolute atomic E-state index is 0.00472. The van der Waals surface area contributed by atoms with Gasteiger partial charge in [-0.05, 0) is 19.3 Å². The van der Waals surface area contributed by atoms with Crippen molar-refractivity contribution in [2.24, 2.45) is 5.92 Å². The summed E-state index contributed by atoms with van der Waals surface area (Å²) >= 11 is 0. The summed E-state index contributed by atoms with van der Waals surface area (Å²) in [5.74, 6) is 0.0373. The standard InChI is InChI=1S/C12H23N3O3/c1-14(2)12(18)15-7-4-10(5-8-15)11(17)13-6-3-9-16/h10,16H,3-9H2,1-2H3,(H,13,17). The Hall–Kier alpha value is -1.30. The van der Waals surface area contributed by atoms with Gasteiger partial charge in [0.25, 0.3) is 0 Å². The van der Waals surface area contributed by atoms with E-state index >= 15 is 0 Å². The molecule has 0 aromatic rings. The quantitative estimate of drug-likeness (QED) is 0.690. The molecule has 1 aliphatic rings. The normalized spacial score (nSPS) is 16.5. The van der Waals surface area contributed by atoms with Crippen LogP contribution in [0.1, 0.15) is 19.3 Å². The molecule has 1 fully saturated rings. The second-order valence-corrected chi connectivity index (χ2v) is 4.81. The van der Waals surface area contributed by atoms with Gasteiger partial charge in [-0.15, -0.1) is 0 Å². The summed E-state index contributed by atoms with van der Waals surface area (Å²) in [6.07, 6.45) is 2.01. The molecule has 0 atom stereocenters. The van der Waals surface area contributed by atoms with Gasteiger partial charge in [0.2, 0.25) is 5.91 Å². The van der Waals surface area contributed by atoms with E-state index in [1.165, 1.54) is 0 Å². The minimum Gasteiger partial charge on any atom is -0.396 e. The molecule has 0 radical (unpaired) electrons. The van der Waals surface area contributed by atoms with E-state index in [0.29, 0.717) is 38.9 Å². The third-order valence-corrected chi connectivity index (χ3v) is 3.15. The highest BCUT2D eigenvalue weighted by atomic mass is 16.3. The van der Waals surface area contributed by atoms with Crippen LogP contribution in [0.15, 0.2) is 0 Å². The van der Waals surface area contributed by atoms with Gasteiger partial charge < -0.3 is 20.2 Å². The molecular weight excluding hydrogens is 234 g/mol. The van der Waals surface area contributed by atoms with Crippen molar-refractivity contribution in [2.45, 2.75) is 19.3 Å². The predicted octanol–water partition coefficient (Wildman–Crippen LogP) is -0.121. The first-order valence-electron chi connectivity index (χ1n) is 6.41. The van der Waals surface area contributed by atoms with Crippen molar-refractivity contribution in [2.75, 3.05) is 40.3 Å². The van der Waals surface area contributed by atoms with Crippen LogP contribution >= 0.6 is 0 Å². The number of rotatable bonds is 4. The van der Waals surface area contributed by atoms with Crippen molar-refractivity contribution in [3.8, 4) is 0 Å². The van der Waals surface area contributed by atoms with Crippen molar-refractivity contribution < 1.29 is 14.7 Å². The van der Waals surface area contributed by atoms with Crippen LogP contribution in [0.4, 0.5) is 4.79 Å². The average molecular weight is 257 g/mol. The van der Waals surface area contributed by atoms with Crippen LogP contribution in [0, 0.1) is 5.92 Å². The molecule has 0 unspecified atom stereocenters. The van der Waals surface area contributed by atoms with Gasteiger partial charge in [0, 0.05) is 46.3 Å². The molecule has 0 aromatic carbocycles. The summed E-state index contributed by atoms with van der Waals surface area (Å²) in [4.78, 5) is 26.8. The van der Waals surface area contributed by atoms with E-state index in [0.717, 1.165) is 0 Å². The number of urea groups is 1. The van der Waals surface area contributed by atoms with Crippen molar-refractivity contribution in [3.63, 3.8) is 0 Å². The third kappa shape index (κ3) is 4.18. The smallest absolute Gasteiger partial charge is 0.319 e. The summed E-state index contributed by atoms with van der Waals surface area (Å²) in [6.45, 7) is 1.88. The van der Waals surface area contributed by atoms with E-state index < -0.39 is 0 Å². The largest absolute Gasteiger partial charge is 0.396 e. The fourth-order valence-electron chi connectivity index (χ4n) is 2.05. The van der Waals surface area contributed by atoms with Gasteiger partial charge in [0.15, 0.2) is 0 Å². The number of hydrogen-bond acceptors (Lipinski definition) is 3. The molecule has 0 bridgehead atoms. The number of nitrogens with one attached hydrogen (secondary N) is 1. The minimum atomic E-state index is -0.00472. The third-order valence-electron chi connectivity index (χ3n) is 3.15. The summed E-state index contributed by atoms with van der Waals surface area (Å²) in [7, 11) is 3.46. The van der Waals surface area contributed by atoms with Gasteiger partial charge in [0.1, 0.15) is 0 Å². The monoisotopic (exact) mass is 257 g/mol. The summed E-state index contributed by atoms with van der Waals surface area (Å²) < 4.78 is 0. The van der Waals surface area contributed by atoms with Crippen molar-refractivity contribution in [1.29, 1.82) is 0 Å². The van der Waals surface area contributed by atoms with Gasteiger partial charge in [-0.2, -0.15) is 0 Å². The Morgan fingerprint density at radius 2 is 1.94 bits per heavy atom. The molecule has 1 saturated heterocycles. The number of hydrogen-bond donors (Lipinski definition) is 2. The molecular formula is C12H23N3O3. The maximum absolute atomic E-state index is 11.8. The molecule has 0 saturated carbocycles. The number of carbonyl (C=O) groups excluding carboxylic acids is 2. The highest BCUT2D eigenvalue weighted by Gasteiger charge is 2.27. The zero-order chi connectivity index (χ0) is 13.5. The maximum atomic E-state index is 11.8. The second kappa shape index (κ2) is 7.20. The number of aliphatic hydroxyl groups is 1. The first-order chi connectivity index (χ1) is 8.56. The van der Waals surface area contributed by atoms with E-state index in [9.17, 15) is 9.59 Å². The Balaban J connectivity index is 2.30. The first-order valence-corrected chi connectivity index (χ1v) is 6.41. The Morgan fingerprint density at radius 3 is 2.44 bits per heavy atom. The van der Waals surface area contributed by atoms with Crippen LogP contribution in [0.25, 0.3) is 0 Å². The number of aliphatic hydroxyl groups excluding tert-OH is 1. The number of likely N-dealkylation sites (tertiary alicyclic amines) is 1. The molecule has 2 N–H and O–H groups in total. The van der Waals surface area contributed by atoms with Crippen molar-refractivity contribution >= 4 is 11.9 Å². The zero-order valence-electron chi connectivity index (χ0n) is 11.2. The van der Waals surface area contributed by atoms with Gasteiger partial charge in [-0.1, -0.05) is 0 Å². The number of amides is 3. The predicted molar refractivity (Wildman–Crippen MR) is 68.1 cm³/mol. The molecule has 6 heteroatoms. The lowest BCUT2D eigenvalue weighted by Crippen LogP contribution is -2.46. The molecule has 1 heterocycles. The van der Waals surface area contributed by atoms with E-state index in [4.69, 9.17) is 5.11 Å². The maximum Gasteiger partial charge on any atom is 0.319 e. The van der Waals surface area contributed by atoms with Crippen LogP contribution in [0.5, 0.6) is 0 Å². The Bertz CT molecular complexity index is 286. The fourth-order valence-corrected chi connectivity index (χ4v) is 2.05. The molecule has 0 aliphatic carbocycles. The highest BCUT2D eigenvalue weighted by Crippen LogP contribution is 2.18. The zero-order valence-corrected chi connectivity index (χ0v) is 11.2. The van der Waals surface area contributed by atoms with Crippen LogP contribution in [0.3, 0.4) is 0 Å². The number of piperidine rings is 1. The summed E-state index contributed by atoms with van der Waals surface area (Å²) in [5.41, 5.74) is 0. The lowest BCUT2D eigenvalue weighted by Gasteiger charge is -2.33. The molecule has 0 aromatic heterocycles. The SMILES string of the molecule is CN(C)C(=O)N1CCC(C(=O)NCCCO)CC1. The van der Waals surface area contributed by atoms with E-state index in [2.05, 4.69) is 5.32 Å². The van der Waals surface area contributed by atoms with Crippen LogP contribution in [0.2, 0.25) is 0 Å². The molecule has 1 aliphatic heterocycles. The molecule has 0 spiro atoms. The molecule has 104 valence electrons. The van der Waals surface area contributed by atoms with Crippen molar-refractivity contribution in [1.82, 2.24) is 15.1 Å². The highest BCUT2D eigenvalue weighted by molar-refractivity contribution is 5.79. The second-order valence-electron chi connectivity index (χ2n) is 4.81. The number of carbonyl (C=O) groups is 2. The lowest BCUT2D eigenvalue weighted by atomic mass is 9.96. The average Bonchev–Trinajstić information content (AvgIpc) is 2.38. The van der Waals surface area contributed by atoms with Crippen molar-refractivity contribution in [3.05, 3.63) is 0 Å². The topological polar surface area (TPSA) is 72.9 Å².